The monoisotopic (exact) mass is 206 g/mol. The first-order valence-corrected chi connectivity index (χ1v) is 5.49. The fourth-order valence-corrected chi connectivity index (χ4v) is 2.41. The minimum Gasteiger partial charge on any atom is -0.281 e. The van der Waals surface area contributed by atoms with Gasteiger partial charge < -0.3 is 0 Å². The summed E-state index contributed by atoms with van der Waals surface area (Å²) in [5, 5.41) is 8.69. The summed E-state index contributed by atoms with van der Waals surface area (Å²) in [5.74, 6) is -0.883. The number of hydrogen-bond donors (Lipinski definition) is 0. The van der Waals surface area contributed by atoms with E-state index in [2.05, 4.69) is 0 Å². The summed E-state index contributed by atoms with van der Waals surface area (Å²) in [6.45, 7) is 0.437. The highest BCUT2D eigenvalue weighted by atomic mass is 16.2. The molecule has 1 saturated heterocycles. The quantitative estimate of drug-likeness (QED) is 0.603. The molecule has 1 atom stereocenters. The van der Waals surface area contributed by atoms with Crippen molar-refractivity contribution in [2.24, 2.45) is 11.8 Å². The maximum atomic E-state index is 11.9. The third-order valence-corrected chi connectivity index (χ3v) is 3.33. The molecule has 0 bridgehead atoms. The predicted octanol–water partition coefficient (Wildman–Crippen LogP) is 1.08. The molecule has 15 heavy (non-hydrogen) atoms. The topological polar surface area (TPSA) is 61.2 Å². The Morgan fingerprint density at radius 2 is 2.00 bits per heavy atom. The Bertz CT molecular complexity index is 326. The molecule has 4 heteroatoms. The minimum atomic E-state index is -0.588. The maximum Gasteiger partial charge on any atom is 0.246 e. The fourth-order valence-electron chi connectivity index (χ4n) is 2.41. The highest BCUT2D eigenvalue weighted by Gasteiger charge is 2.38. The second-order valence-corrected chi connectivity index (χ2v) is 4.28. The molecule has 1 heterocycles. The zero-order valence-corrected chi connectivity index (χ0v) is 8.61. The van der Waals surface area contributed by atoms with Gasteiger partial charge >= 0.3 is 0 Å². The van der Waals surface area contributed by atoms with E-state index < -0.39 is 5.92 Å². The van der Waals surface area contributed by atoms with Crippen LogP contribution in [0.15, 0.2) is 0 Å². The molecule has 4 nitrogen and oxygen atoms in total. The molecule has 2 aliphatic rings. The number of nitriles is 1. The summed E-state index contributed by atoms with van der Waals surface area (Å²) in [7, 11) is 0. The molecule has 2 rings (SSSR count). The van der Waals surface area contributed by atoms with Crippen molar-refractivity contribution in [2.75, 3.05) is 6.54 Å². The van der Waals surface area contributed by atoms with Gasteiger partial charge in [0.25, 0.3) is 0 Å². The number of imide groups is 1. The smallest absolute Gasteiger partial charge is 0.246 e. The van der Waals surface area contributed by atoms with E-state index in [-0.39, 0.29) is 17.7 Å². The number of carbonyl (C=O) groups is 2. The van der Waals surface area contributed by atoms with E-state index in [4.69, 9.17) is 5.26 Å². The van der Waals surface area contributed by atoms with Crippen LogP contribution in [0.3, 0.4) is 0 Å². The van der Waals surface area contributed by atoms with Crippen molar-refractivity contribution in [2.45, 2.75) is 32.1 Å². The van der Waals surface area contributed by atoms with E-state index in [1.54, 1.807) is 0 Å². The van der Waals surface area contributed by atoms with E-state index >= 15 is 0 Å². The number of rotatable bonds is 1. The Kier molecular flexibility index (Phi) is 2.72. The maximum absolute atomic E-state index is 11.9. The van der Waals surface area contributed by atoms with E-state index in [1.807, 2.05) is 6.07 Å². The van der Waals surface area contributed by atoms with Gasteiger partial charge in [0.05, 0.1) is 6.07 Å². The van der Waals surface area contributed by atoms with Crippen LogP contribution in [0.1, 0.15) is 32.1 Å². The number of amides is 2. The number of hydrogen-bond acceptors (Lipinski definition) is 3. The van der Waals surface area contributed by atoms with Gasteiger partial charge in [0.1, 0.15) is 5.92 Å². The van der Waals surface area contributed by atoms with Crippen LogP contribution in [0.5, 0.6) is 0 Å². The first-order valence-electron chi connectivity index (χ1n) is 5.49. The summed E-state index contributed by atoms with van der Waals surface area (Å²) >= 11 is 0. The molecular formula is C11H14N2O2. The molecular weight excluding hydrogens is 192 g/mol. The Morgan fingerprint density at radius 3 is 2.53 bits per heavy atom. The van der Waals surface area contributed by atoms with Gasteiger partial charge in [-0.15, -0.1) is 0 Å². The van der Waals surface area contributed by atoms with E-state index in [0.29, 0.717) is 13.0 Å². The molecule has 2 amide bonds. The van der Waals surface area contributed by atoms with Crippen LogP contribution in [0.25, 0.3) is 0 Å². The van der Waals surface area contributed by atoms with Crippen molar-refractivity contribution < 1.29 is 9.59 Å². The van der Waals surface area contributed by atoms with Gasteiger partial charge in [-0.25, -0.2) is 0 Å². The van der Waals surface area contributed by atoms with Gasteiger partial charge in [0, 0.05) is 12.5 Å². The summed E-state index contributed by atoms with van der Waals surface area (Å²) < 4.78 is 0. The number of carbonyl (C=O) groups excluding carboxylic acids is 2. The molecule has 1 saturated carbocycles. The second-order valence-electron chi connectivity index (χ2n) is 4.28. The average Bonchev–Trinajstić information content (AvgIpc) is 2.85. The highest BCUT2D eigenvalue weighted by molar-refractivity contribution is 5.99. The second kappa shape index (κ2) is 4.01. The van der Waals surface area contributed by atoms with E-state index in [0.717, 1.165) is 25.7 Å². The molecule has 0 radical (unpaired) electrons. The highest BCUT2D eigenvalue weighted by Crippen LogP contribution is 2.29. The van der Waals surface area contributed by atoms with E-state index in [1.165, 1.54) is 4.90 Å². The lowest BCUT2D eigenvalue weighted by molar-refractivity contribution is -0.145. The number of nitrogens with zero attached hydrogens (tertiary/aromatic N) is 2. The van der Waals surface area contributed by atoms with Crippen LogP contribution in [0, 0.1) is 23.2 Å². The Morgan fingerprint density at radius 1 is 1.33 bits per heavy atom. The summed E-state index contributed by atoms with van der Waals surface area (Å²) in [4.78, 5) is 24.8. The predicted molar refractivity (Wildman–Crippen MR) is 52.4 cm³/mol. The Labute approximate surface area is 88.9 Å². The normalized spacial score (nSPS) is 27.0. The average molecular weight is 206 g/mol. The molecule has 2 fully saturated rings. The fraction of sp³-hybridized carbons (Fsp3) is 0.727. The first-order chi connectivity index (χ1) is 7.24. The molecule has 0 spiro atoms. The van der Waals surface area contributed by atoms with Crippen molar-refractivity contribution in [1.29, 1.82) is 5.26 Å². The van der Waals surface area contributed by atoms with Crippen LogP contribution in [-0.2, 0) is 9.59 Å². The largest absolute Gasteiger partial charge is 0.281 e. The van der Waals surface area contributed by atoms with Gasteiger partial charge in [0.2, 0.25) is 11.8 Å². The van der Waals surface area contributed by atoms with Gasteiger partial charge in [-0.2, -0.15) is 5.26 Å². The van der Waals surface area contributed by atoms with Gasteiger partial charge in [-0.3, -0.25) is 14.5 Å². The lowest BCUT2D eigenvalue weighted by atomic mass is 10.1. The lowest BCUT2D eigenvalue weighted by Crippen LogP contribution is -2.37. The first kappa shape index (κ1) is 10.2. The molecule has 0 N–H and O–H groups in total. The van der Waals surface area contributed by atoms with Crippen LogP contribution < -0.4 is 0 Å². The van der Waals surface area contributed by atoms with Gasteiger partial charge in [0.15, 0.2) is 0 Å². The third kappa shape index (κ3) is 1.74. The molecule has 0 unspecified atom stereocenters. The van der Waals surface area contributed by atoms with Crippen molar-refractivity contribution in [3.63, 3.8) is 0 Å². The summed E-state index contributed by atoms with van der Waals surface area (Å²) in [5.41, 5.74) is 0. The van der Waals surface area contributed by atoms with E-state index in [9.17, 15) is 9.59 Å². The molecule has 80 valence electrons. The molecule has 0 aromatic heterocycles. The van der Waals surface area contributed by atoms with Gasteiger partial charge in [-0.05, 0) is 19.3 Å². The molecule has 0 aromatic carbocycles. The van der Waals surface area contributed by atoms with Crippen molar-refractivity contribution >= 4 is 11.8 Å². The zero-order valence-electron chi connectivity index (χ0n) is 8.61. The zero-order chi connectivity index (χ0) is 10.8. The van der Waals surface area contributed by atoms with Crippen LogP contribution >= 0.6 is 0 Å². The van der Waals surface area contributed by atoms with Crippen molar-refractivity contribution in [3.8, 4) is 6.07 Å². The molecule has 0 aromatic rings. The Balaban J connectivity index is 2.03. The standard InChI is InChI=1S/C11H14N2O2/c12-7-9-5-6-13(11(9)15)10(14)8-3-1-2-4-8/h8-9H,1-6H2/t9-/m1/s1. The van der Waals surface area contributed by atoms with Crippen LogP contribution in [0.4, 0.5) is 0 Å². The third-order valence-electron chi connectivity index (χ3n) is 3.33. The van der Waals surface area contributed by atoms with Crippen molar-refractivity contribution in [1.82, 2.24) is 4.90 Å². The van der Waals surface area contributed by atoms with Crippen LogP contribution in [-0.4, -0.2) is 23.3 Å². The van der Waals surface area contributed by atoms with Gasteiger partial charge in [-0.1, -0.05) is 12.8 Å². The molecule has 1 aliphatic heterocycles. The lowest BCUT2D eigenvalue weighted by Gasteiger charge is -2.17. The van der Waals surface area contributed by atoms with Crippen LogP contribution in [0.2, 0.25) is 0 Å². The molecule has 1 aliphatic carbocycles. The Hall–Kier alpha value is -1.37. The van der Waals surface area contributed by atoms with Crippen molar-refractivity contribution in [3.05, 3.63) is 0 Å². The number of likely N-dealkylation sites (tertiary alicyclic amines) is 1. The summed E-state index contributed by atoms with van der Waals surface area (Å²) in [6.07, 6.45) is 4.48. The summed E-state index contributed by atoms with van der Waals surface area (Å²) in [6, 6.07) is 1.95. The minimum absolute atomic E-state index is 0.0337. The SMILES string of the molecule is N#C[C@H]1CCN(C(=O)C2CCCC2)C1=O.